The van der Waals surface area contributed by atoms with E-state index >= 15 is 0 Å². The molecule has 0 saturated carbocycles. The Morgan fingerprint density at radius 3 is 1.15 bits per heavy atom. The molecule has 4 saturated heterocycles. The van der Waals surface area contributed by atoms with E-state index in [4.69, 9.17) is 38.9 Å². The van der Waals surface area contributed by atoms with Gasteiger partial charge in [0.05, 0.1) is 57.0 Å². The van der Waals surface area contributed by atoms with E-state index in [0.717, 1.165) is 49.7 Å². The molecule has 150 heavy (non-hydrogen) atoms. The number of nitrogens with zero attached hydrogens (tertiary/aromatic N) is 9. The summed E-state index contributed by atoms with van der Waals surface area (Å²) in [5.41, 5.74) is 11.1. The first-order valence-electron chi connectivity index (χ1n) is 48.9. The summed E-state index contributed by atoms with van der Waals surface area (Å²) in [6.45, 7) is 12.2. The van der Waals surface area contributed by atoms with Gasteiger partial charge in [0.25, 0.3) is 52.9 Å². The van der Waals surface area contributed by atoms with Crippen LogP contribution >= 0.6 is 0 Å². The molecule has 0 bridgehead atoms. The number of hydrogen-bond donors (Lipinski definition) is 1. The zero-order chi connectivity index (χ0) is 104. The number of ether oxygens (including phenoxy) is 7. The fourth-order valence-electron chi connectivity index (χ4n) is 23.9. The highest BCUT2D eigenvalue weighted by Crippen LogP contribution is 2.59. The van der Waals surface area contributed by atoms with Crippen LogP contribution in [0.4, 0.5) is 39.8 Å². The number of nitro benzene ring substituents is 1. The van der Waals surface area contributed by atoms with Crippen LogP contribution in [0.2, 0.25) is 0 Å². The molecular weight excluding hydrogens is 1910 g/mol. The molecule has 13 aromatic rings. The highest BCUT2D eigenvalue weighted by molar-refractivity contribution is 6.27. The van der Waals surface area contributed by atoms with Crippen LogP contribution in [0.15, 0.2) is 334 Å². The quantitative estimate of drug-likeness (QED) is 0.0714. The second-order valence-electron chi connectivity index (χ2n) is 38.7. The monoisotopic (exact) mass is 2000 g/mol. The number of benzene rings is 13. The van der Waals surface area contributed by atoms with Gasteiger partial charge in [0, 0.05) is 71.8 Å². The van der Waals surface area contributed by atoms with Crippen molar-refractivity contribution in [3.8, 4) is 40.2 Å². The van der Waals surface area contributed by atoms with Gasteiger partial charge in [0.2, 0.25) is 6.79 Å². The molecule has 12 unspecified atom stereocenters. The number of nitrogens with two attached hydrogens (primary N) is 1. The number of nitro groups is 1. The number of non-ortho nitro benzene ring substituents is 1. The second-order valence-corrected chi connectivity index (χ2v) is 38.7. The lowest BCUT2D eigenvalue weighted by Crippen LogP contribution is -2.58. The highest BCUT2D eigenvalue weighted by atomic mass is 16.7. The number of Topliss-reactive ketones (excluding diaryl/α,β-unsaturated/α-hetero) is 4. The van der Waals surface area contributed by atoms with Crippen LogP contribution in [0, 0.1) is 75.3 Å². The van der Waals surface area contributed by atoms with Crippen LogP contribution in [-0.4, -0.2) is 159 Å². The predicted molar refractivity (Wildman–Crippen MR) is 554 cm³/mol. The number of fused-ring (bicyclic) bond motifs is 14. The number of ketones is 4. The van der Waals surface area contributed by atoms with Gasteiger partial charge in [-0.25, -0.2) is 0 Å². The second kappa shape index (κ2) is 36.3. The van der Waals surface area contributed by atoms with Crippen LogP contribution in [0.25, 0.3) is 10.8 Å². The summed E-state index contributed by atoms with van der Waals surface area (Å²) < 4.78 is 41.8. The first-order valence-corrected chi connectivity index (χ1v) is 48.9. The molecule has 31 nitrogen and oxygen atoms in total. The first kappa shape index (κ1) is 95.0. The third-order valence-electron chi connectivity index (χ3n) is 30.6. The van der Waals surface area contributed by atoms with Crippen molar-refractivity contribution in [1.29, 1.82) is 0 Å². The molecule has 12 atom stereocenters. The lowest BCUT2D eigenvalue weighted by molar-refractivity contribution is -0.384. The van der Waals surface area contributed by atoms with Crippen LogP contribution in [0.5, 0.6) is 40.2 Å². The largest absolute Gasteiger partial charge is 0.497 e. The maximum atomic E-state index is 14.7. The molecule has 0 aromatic heterocycles. The summed E-state index contributed by atoms with van der Waals surface area (Å²) in [6.07, 6.45) is 8.98. The summed E-state index contributed by atoms with van der Waals surface area (Å²) in [5.74, 6) is -4.84. The fraction of sp³-hybridized carbons (Fsp3) is 0.193. The Kier molecular flexibility index (Phi) is 23.0. The standard InChI is InChI=1S/C31H22N2O5.C30H24N2O6.C29H23N3O6.C29H25N3O4/c1-37-21-15-13-20(14-16-21)33-26(34)17-18-31(33)27-28(35)23-10-4-5-12-25(23)38-29(27)32(30(31)36)24-11-6-8-19-7-2-3-9-22(19)24;1-17-7-5-8-18(2)25(17)32-28-24(26(33)20-9-3-4-10-21(20)38-28)30(29(32)35)13-6-14-31(30)27(34)19-11-12-22-23(15-19)37-16-36-22;1-17-7-5-8-18(2)24(17)31-27-23(25(33)21-9-3-4-10-22(21)38-27)29(28(31)35)15-6-16-30(29)26(34)19-11-13-20(14-12-19)32(36)37;1-17-6-5-7-18(2)25(17)31-27-24(26(34)21-8-3-4-9-22(21)36-27)29(28(31)35)15-14-23(33)32(29)20-12-10-19(16-30)11-13-20/h2-18,27,29H,1H3;3-13,15,24,28H,14,16H2,1-2H3;3-15,23,27H,16H2,1-2H3;3-15,24,27H,16,30H2,1-2H3. The minimum absolute atomic E-state index is 0.0837. The Bertz CT molecular complexity index is 8100. The van der Waals surface area contributed by atoms with Crippen molar-refractivity contribution in [2.24, 2.45) is 29.4 Å². The molecule has 2 N–H and O–H groups in total. The molecule has 13 aromatic carbocycles. The molecule has 4 spiro atoms. The van der Waals surface area contributed by atoms with Crippen molar-refractivity contribution >= 4 is 121 Å². The summed E-state index contributed by atoms with van der Waals surface area (Å²) in [4.78, 5) is 192. The predicted octanol–water partition coefficient (Wildman–Crippen LogP) is 16.7. The number of methoxy groups -OCH3 is 1. The van der Waals surface area contributed by atoms with Crippen LogP contribution in [-0.2, 0) is 35.3 Å². The van der Waals surface area contributed by atoms with Crippen molar-refractivity contribution in [1.82, 2.24) is 9.80 Å². The van der Waals surface area contributed by atoms with E-state index in [1.54, 1.807) is 210 Å². The maximum Gasteiger partial charge on any atom is 0.269 e. The number of rotatable bonds is 11. The number of carbonyl (C=O) groups is 12. The lowest BCUT2D eigenvalue weighted by atomic mass is 9.78. The first-order chi connectivity index (χ1) is 72.6. The van der Waals surface area contributed by atoms with Crippen LogP contribution in [0.3, 0.4) is 0 Å². The Morgan fingerprint density at radius 2 is 0.733 bits per heavy atom. The summed E-state index contributed by atoms with van der Waals surface area (Å²) >= 11 is 0. The van der Waals surface area contributed by atoms with E-state index in [2.05, 4.69) is 0 Å². The minimum atomic E-state index is -1.62. The number of amides is 8. The van der Waals surface area contributed by atoms with Gasteiger partial charge >= 0.3 is 0 Å². The Labute approximate surface area is 858 Å². The van der Waals surface area contributed by atoms with E-state index in [0.29, 0.717) is 109 Å². The van der Waals surface area contributed by atoms with Gasteiger partial charge in [-0.15, -0.1) is 0 Å². The smallest absolute Gasteiger partial charge is 0.269 e. The average molecular weight is 2000 g/mol. The van der Waals surface area contributed by atoms with Crippen LogP contribution in [0.1, 0.15) is 101 Å². The van der Waals surface area contributed by atoms with E-state index in [-0.39, 0.29) is 83.8 Å². The van der Waals surface area contributed by atoms with Gasteiger partial charge in [0.1, 0.15) is 52.4 Å². The maximum absolute atomic E-state index is 14.7. The number of anilines is 6. The minimum Gasteiger partial charge on any atom is -0.497 e. The van der Waals surface area contributed by atoms with Gasteiger partial charge in [-0.2, -0.15) is 0 Å². The van der Waals surface area contributed by atoms with Crippen molar-refractivity contribution in [3.63, 3.8) is 0 Å². The molecule has 13 heterocycles. The highest BCUT2D eigenvalue weighted by Gasteiger charge is 2.74. The summed E-state index contributed by atoms with van der Waals surface area (Å²) in [6, 6.07) is 82.8. The summed E-state index contributed by atoms with van der Waals surface area (Å²) in [7, 11) is 1.56. The lowest BCUT2D eigenvalue weighted by Gasteiger charge is -2.38. The Morgan fingerprint density at radius 1 is 0.380 bits per heavy atom. The van der Waals surface area contributed by atoms with Gasteiger partial charge in [0.15, 0.2) is 81.7 Å². The Hall–Kier alpha value is -18.5. The van der Waals surface area contributed by atoms with E-state index in [1.807, 2.05) is 151 Å². The molecule has 0 radical (unpaired) electrons. The van der Waals surface area contributed by atoms with Crippen molar-refractivity contribution < 1.29 is 95.6 Å². The molecular formula is C119H94N10O21. The molecule has 8 amide bonds. The zero-order valence-corrected chi connectivity index (χ0v) is 81.9. The average Bonchev–Trinajstić information content (AvgIpc) is 1.53. The number of hydrogen-bond acceptors (Lipinski definition) is 22. The van der Waals surface area contributed by atoms with Gasteiger partial charge in [-0.05, 0) is 219 Å². The third-order valence-corrected chi connectivity index (χ3v) is 30.6. The molecule has 746 valence electrons. The number of para-hydroxylation sites is 7. The molecule has 31 heteroatoms. The van der Waals surface area contributed by atoms with Gasteiger partial charge in [-0.3, -0.25) is 97.0 Å². The van der Waals surface area contributed by atoms with Crippen molar-refractivity contribution in [2.75, 3.05) is 56.4 Å². The molecule has 4 fully saturated rings. The third kappa shape index (κ3) is 14.2. The van der Waals surface area contributed by atoms with Gasteiger partial charge < -0.3 is 48.7 Å². The summed E-state index contributed by atoms with van der Waals surface area (Å²) in [5, 5.41) is 12.9. The Balaban J connectivity index is 0.000000110. The molecule has 13 aliphatic rings. The topological polar surface area (TPSA) is 365 Å². The molecule has 13 aliphatic heterocycles. The zero-order valence-electron chi connectivity index (χ0n) is 81.9. The van der Waals surface area contributed by atoms with Crippen LogP contribution < -0.4 is 68.3 Å². The van der Waals surface area contributed by atoms with E-state index < -0.39 is 93.4 Å². The van der Waals surface area contributed by atoms with E-state index in [9.17, 15) is 67.6 Å². The molecule has 0 aliphatic carbocycles. The van der Waals surface area contributed by atoms with E-state index in [1.165, 1.54) is 60.9 Å². The fourth-order valence-corrected chi connectivity index (χ4v) is 23.9. The van der Waals surface area contributed by atoms with Gasteiger partial charge in [-0.1, -0.05) is 176 Å². The van der Waals surface area contributed by atoms with Crippen molar-refractivity contribution in [3.05, 3.63) is 416 Å². The number of carbonyl (C=O) groups excluding carboxylic acids is 12. The molecule has 26 rings (SSSR count). The SMILES string of the molecule is COc1ccc(N2C(=O)C=CC23C(=O)N(c2cccc4ccccc24)C2Oc4ccccc4C(=O)C23)cc1.Cc1cccc(C)c1N1C(=O)C2(C=CC(=O)N2c2ccc(CN)cc2)C2C(=O)c3ccccc3OC21.Cc1cccc(C)c1N1C(=O)C2(C=CCN2C(=O)c2ccc([N+](=O)[O-])cc2)C2C(=O)c3ccccc3OC21.Cc1cccc(C)c1N1C(=O)C2(C=CCN2C(=O)c2ccc3c(c2)OCO3)C2C(=O)c3ccccc3OC21. The normalized spacial score (nSPS) is 24.0. The van der Waals surface area contributed by atoms with Crippen molar-refractivity contribution in [2.45, 2.75) is 95.2 Å². The number of aryl methyl sites for hydroxylation is 6.